The third-order valence-corrected chi connectivity index (χ3v) is 6.57. The maximum atomic E-state index is 13.5. The van der Waals surface area contributed by atoms with E-state index >= 15 is 0 Å². The number of benzene rings is 1. The molecular formula is C27H33N3O4. The van der Waals surface area contributed by atoms with Gasteiger partial charge in [-0.05, 0) is 37.0 Å². The number of carbonyl (C=O) groups excluding carboxylic acids is 2. The molecule has 1 aliphatic carbocycles. The average molecular weight is 464 g/mol. The third kappa shape index (κ3) is 5.47. The number of ether oxygens (including phenoxy) is 1. The molecule has 1 aliphatic heterocycles. The molecule has 34 heavy (non-hydrogen) atoms. The Morgan fingerprint density at radius 2 is 1.97 bits per heavy atom. The maximum Gasteiger partial charge on any atom is 0.259 e. The first-order chi connectivity index (χ1) is 16.4. The fourth-order valence-electron chi connectivity index (χ4n) is 4.19. The predicted molar refractivity (Wildman–Crippen MR) is 131 cm³/mol. The smallest absolute Gasteiger partial charge is 0.259 e. The van der Waals surface area contributed by atoms with Crippen molar-refractivity contribution in [3.05, 3.63) is 59.3 Å². The maximum absolute atomic E-state index is 13.5. The van der Waals surface area contributed by atoms with Crippen LogP contribution in [0.5, 0.6) is 5.88 Å². The van der Waals surface area contributed by atoms with Crippen LogP contribution in [0.1, 0.15) is 48.2 Å². The Morgan fingerprint density at radius 1 is 1.26 bits per heavy atom. The van der Waals surface area contributed by atoms with E-state index in [0.717, 1.165) is 24.0 Å². The van der Waals surface area contributed by atoms with E-state index in [-0.39, 0.29) is 48.3 Å². The number of likely N-dealkylation sites (N-methyl/N-ethyl adjacent to an activating group) is 1. The molecule has 2 amide bonds. The molecule has 1 saturated carbocycles. The number of aliphatic hydroxyl groups excluding tert-OH is 1. The minimum Gasteiger partial charge on any atom is -0.472 e. The number of aliphatic hydroxyl groups is 1. The van der Waals surface area contributed by atoms with Crippen LogP contribution in [0.4, 0.5) is 0 Å². The van der Waals surface area contributed by atoms with Crippen molar-refractivity contribution in [2.45, 2.75) is 38.8 Å². The van der Waals surface area contributed by atoms with Gasteiger partial charge in [0.2, 0.25) is 11.8 Å². The second kappa shape index (κ2) is 10.4. The van der Waals surface area contributed by atoms with Gasteiger partial charge in [-0.3, -0.25) is 9.59 Å². The van der Waals surface area contributed by atoms with Crippen LogP contribution in [0.3, 0.4) is 0 Å². The predicted octanol–water partition coefficient (Wildman–Crippen LogP) is 3.34. The number of nitrogens with zero attached hydrogens (tertiary/aromatic N) is 3. The second-order valence-corrected chi connectivity index (χ2v) is 9.48. The molecule has 0 spiro atoms. The number of amides is 2. The Kier molecular flexibility index (Phi) is 7.32. The Labute approximate surface area is 201 Å². The highest BCUT2D eigenvalue weighted by atomic mass is 16.5. The minimum atomic E-state index is -0.351. The van der Waals surface area contributed by atoms with Crippen LogP contribution in [0.2, 0.25) is 0 Å². The molecule has 0 saturated heterocycles. The quantitative estimate of drug-likeness (QED) is 0.681. The van der Waals surface area contributed by atoms with Crippen molar-refractivity contribution >= 4 is 24.0 Å². The van der Waals surface area contributed by atoms with Gasteiger partial charge in [0.25, 0.3) is 5.91 Å². The van der Waals surface area contributed by atoms with Gasteiger partial charge in [0, 0.05) is 31.6 Å². The Balaban J connectivity index is 1.64. The lowest BCUT2D eigenvalue weighted by molar-refractivity contribution is -0.132. The Hall–Kier alpha value is -3.19. The van der Waals surface area contributed by atoms with E-state index in [2.05, 4.69) is 4.98 Å². The van der Waals surface area contributed by atoms with Crippen LogP contribution in [0.15, 0.2) is 42.6 Å². The van der Waals surface area contributed by atoms with Crippen LogP contribution in [0.25, 0.3) is 12.2 Å². The van der Waals surface area contributed by atoms with E-state index in [0.29, 0.717) is 18.7 Å². The van der Waals surface area contributed by atoms with E-state index in [1.165, 1.54) is 0 Å². The summed E-state index contributed by atoms with van der Waals surface area (Å²) in [7, 11) is 1.81. The molecule has 1 aromatic heterocycles. The summed E-state index contributed by atoms with van der Waals surface area (Å²) >= 11 is 0. The van der Waals surface area contributed by atoms with Gasteiger partial charge in [-0.1, -0.05) is 49.4 Å². The molecule has 7 heteroatoms. The molecule has 4 rings (SSSR count). The highest BCUT2D eigenvalue weighted by molar-refractivity contribution is 5.97. The number of fused-ring (bicyclic) bond motifs is 1. The molecule has 180 valence electrons. The van der Waals surface area contributed by atoms with Crippen molar-refractivity contribution in [1.29, 1.82) is 0 Å². The van der Waals surface area contributed by atoms with Gasteiger partial charge >= 0.3 is 0 Å². The van der Waals surface area contributed by atoms with Gasteiger partial charge in [-0.2, -0.15) is 0 Å². The number of hydrogen-bond acceptors (Lipinski definition) is 5. The normalized spacial score (nSPS) is 21.4. The zero-order valence-electron chi connectivity index (χ0n) is 20.1. The van der Waals surface area contributed by atoms with Gasteiger partial charge in [-0.15, -0.1) is 0 Å². The molecule has 2 aromatic rings. The largest absolute Gasteiger partial charge is 0.472 e. The summed E-state index contributed by atoms with van der Waals surface area (Å²) in [5.74, 6) is 0.266. The lowest BCUT2D eigenvalue weighted by Crippen LogP contribution is -2.50. The fourth-order valence-corrected chi connectivity index (χ4v) is 4.19. The molecule has 7 nitrogen and oxygen atoms in total. The van der Waals surface area contributed by atoms with Crippen LogP contribution >= 0.6 is 0 Å². The molecule has 0 bridgehead atoms. The number of rotatable bonds is 7. The van der Waals surface area contributed by atoms with Crippen molar-refractivity contribution in [3.8, 4) is 5.88 Å². The van der Waals surface area contributed by atoms with E-state index in [9.17, 15) is 14.7 Å². The first-order valence-electron chi connectivity index (χ1n) is 11.9. The lowest BCUT2D eigenvalue weighted by Gasteiger charge is -2.37. The summed E-state index contributed by atoms with van der Waals surface area (Å²) in [4.78, 5) is 34.0. The summed E-state index contributed by atoms with van der Waals surface area (Å²) in [6.07, 6.45) is 7.14. The van der Waals surface area contributed by atoms with Crippen molar-refractivity contribution in [2.24, 2.45) is 11.8 Å². The molecular weight excluding hydrogens is 430 g/mol. The molecule has 1 N–H and O–H groups in total. The number of hydrogen-bond donors (Lipinski definition) is 1. The molecule has 0 radical (unpaired) electrons. The van der Waals surface area contributed by atoms with Crippen molar-refractivity contribution in [1.82, 2.24) is 14.8 Å². The van der Waals surface area contributed by atoms with Crippen molar-refractivity contribution in [3.63, 3.8) is 0 Å². The minimum absolute atomic E-state index is 0.0555. The standard InChI is InChI=1S/C27H33N3O4/c1-18-15-30(19(2)17-31)27(33)23-13-21(10-9-20-7-5-4-6-8-20)14-28-25(23)34-24(18)16-29(3)26(32)22-11-12-22/h4-10,13-14,18-19,22,24,31H,11-12,15-17H2,1-3H3/b10-9+/t18-,19+,24-/m1/s1. The van der Waals surface area contributed by atoms with E-state index < -0.39 is 0 Å². The molecule has 0 unspecified atom stereocenters. The van der Waals surface area contributed by atoms with E-state index in [1.807, 2.05) is 56.3 Å². The average Bonchev–Trinajstić information content (AvgIpc) is 3.70. The van der Waals surface area contributed by atoms with Crippen LogP contribution in [-0.2, 0) is 4.79 Å². The van der Waals surface area contributed by atoms with E-state index in [4.69, 9.17) is 4.74 Å². The van der Waals surface area contributed by atoms with Gasteiger partial charge in [0.1, 0.15) is 11.7 Å². The lowest BCUT2D eigenvalue weighted by atomic mass is 9.99. The fraction of sp³-hybridized carbons (Fsp3) is 0.444. The summed E-state index contributed by atoms with van der Waals surface area (Å²) in [5.41, 5.74) is 2.19. The second-order valence-electron chi connectivity index (χ2n) is 9.48. The van der Waals surface area contributed by atoms with Crippen molar-refractivity contribution < 1.29 is 19.4 Å². The first kappa shape index (κ1) is 24.0. The zero-order valence-corrected chi connectivity index (χ0v) is 20.1. The van der Waals surface area contributed by atoms with Gasteiger partial charge in [-0.25, -0.2) is 4.98 Å². The molecule has 2 aliphatic rings. The zero-order chi connectivity index (χ0) is 24.2. The van der Waals surface area contributed by atoms with Gasteiger partial charge in [0.05, 0.1) is 19.2 Å². The summed E-state index contributed by atoms with van der Waals surface area (Å²) in [6.45, 7) is 4.53. The summed E-state index contributed by atoms with van der Waals surface area (Å²) in [5, 5.41) is 9.81. The van der Waals surface area contributed by atoms with Gasteiger partial charge < -0.3 is 19.6 Å². The third-order valence-electron chi connectivity index (χ3n) is 6.57. The Morgan fingerprint density at radius 3 is 2.65 bits per heavy atom. The highest BCUT2D eigenvalue weighted by Crippen LogP contribution is 2.32. The van der Waals surface area contributed by atoms with Crippen molar-refractivity contribution in [2.75, 3.05) is 26.7 Å². The van der Waals surface area contributed by atoms with E-state index in [1.54, 1.807) is 29.1 Å². The van der Waals surface area contributed by atoms with Crippen LogP contribution in [0, 0.1) is 11.8 Å². The first-order valence-corrected chi connectivity index (χ1v) is 11.9. The van der Waals surface area contributed by atoms with Gasteiger partial charge in [0.15, 0.2) is 0 Å². The summed E-state index contributed by atoms with van der Waals surface area (Å²) in [6, 6.07) is 11.3. The van der Waals surface area contributed by atoms with Crippen LogP contribution in [-0.4, -0.2) is 70.6 Å². The molecule has 1 fully saturated rings. The SMILES string of the molecule is C[C@@H]1CN([C@@H](C)CO)C(=O)c2cc(/C=C/c3ccccc3)cnc2O[C@@H]1CN(C)C(=O)C1CC1. The number of pyridine rings is 1. The summed E-state index contributed by atoms with van der Waals surface area (Å²) < 4.78 is 6.28. The molecule has 1 aromatic carbocycles. The number of aromatic nitrogens is 1. The van der Waals surface area contributed by atoms with Crippen LogP contribution < -0.4 is 4.74 Å². The monoisotopic (exact) mass is 463 g/mol. The Bertz CT molecular complexity index is 1050. The number of carbonyl (C=O) groups is 2. The topological polar surface area (TPSA) is 83.0 Å². The molecule has 3 atom stereocenters. The highest BCUT2D eigenvalue weighted by Gasteiger charge is 2.37. The molecule has 2 heterocycles.